The van der Waals surface area contributed by atoms with Crippen molar-refractivity contribution in [3.8, 4) is 22.5 Å². The molecule has 0 fully saturated rings. The Morgan fingerprint density at radius 1 is 0.339 bits per heavy atom. The lowest BCUT2D eigenvalue weighted by Gasteiger charge is -2.26. The van der Waals surface area contributed by atoms with Crippen molar-refractivity contribution in [2.75, 3.05) is 4.90 Å². The van der Waals surface area contributed by atoms with Crippen molar-refractivity contribution in [2.45, 2.75) is 0 Å². The molecule has 0 spiro atoms. The van der Waals surface area contributed by atoms with E-state index in [-0.39, 0.29) is 0 Å². The van der Waals surface area contributed by atoms with Gasteiger partial charge in [-0.15, -0.1) is 22.7 Å². The number of fused-ring (bicyclic) bond motifs is 11. The van der Waals surface area contributed by atoms with Crippen molar-refractivity contribution in [1.82, 2.24) is 0 Å². The minimum absolute atomic E-state index is 0.885. The Hall–Kier alpha value is -6.72. The molecule has 0 aliphatic heterocycles. The van der Waals surface area contributed by atoms with Gasteiger partial charge in [-0.05, 0) is 81.2 Å². The van der Waals surface area contributed by atoms with Crippen LogP contribution in [-0.2, 0) is 0 Å². The quantitative estimate of drug-likeness (QED) is 0.174. The number of benzene rings is 9. The highest BCUT2D eigenvalue weighted by Gasteiger charge is 2.18. The molecule has 0 radical (unpaired) electrons. The van der Waals surface area contributed by atoms with Gasteiger partial charge in [-0.25, -0.2) is 0 Å². The van der Waals surface area contributed by atoms with Crippen LogP contribution in [0.25, 0.3) is 95.3 Å². The number of furan rings is 1. The Morgan fingerprint density at radius 3 is 1.38 bits per heavy atom. The molecule has 3 aromatic heterocycles. The second-order valence-corrected chi connectivity index (χ2v) is 16.6. The number of nitrogens with zero attached hydrogens (tertiary/aromatic N) is 1. The van der Waals surface area contributed by atoms with Crippen LogP contribution in [0.1, 0.15) is 0 Å². The van der Waals surface area contributed by atoms with Gasteiger partial charge in [-0.1, -0.05) is 140 Å². The van der Waals surface area contributed by atoms with Gasteiger partial charge >= 0.3 is 0 Å². The monoisotopic (exact) mass is 749 g/mol. The van der Waals surface area contributed by atoms with Gasteiger partial charge in [0.25, 0.3) is 0 Å². The summed E-state index contributed by atoms with van der Waals surface area (Å²) >= 11 is 3.78. The Labute approximate surface area is 330 Å². The van der Waals surface area contributed by atoms with E-state index in [1.165, 1.54) is 73.0 Å². The molecule has 0 bridgehead atoms. The first kappa shape index (κ1) is 31.6. The number of para-hydroxylation sites is 1. The summed E-state index contributed by atoms with van der Waals surface area (Å²) in [6, 6.07) is 68.4. The molecule has 0 atom stereocenters. The summed E-state index contributed by atoms with van der Waals surface area (Å²) in [4.78, 5) is 2.41. The molecular weight excluding hydrogens is 719 g/mol. The van der Waals surface area contributed by atoms with E-state index in [1.807, 2.05) is 40.9 Å². The molecule has 262 valence electrons. The smallest absolute Gasteiger partial charge is 0.135 e. The second-order valence-electron chi connectivity index (χ2n) is 14.5. The highest BCUT2D eigenvalue weighted by Crippen LogP contribution is 2.45. The number of rotatable bonds is 5. The predicted octanol–water partition coefficient (Wildman–Crippen LogP) is 16.3. The van der Waals surface area contributed by atoms with Crippen LogP contribution < -0.4 is 4.90 Å². The lowest BCUT2D eigenvalue weighted by Crippen LogP contribution is -2.09. The van der Waals surface area contributed by atoms with Crippen LogP contribution in [0.3, 0.4) is 0 Å². The van der Waals surface area contributed by atoms with Crippen LogP contribution in [0.2, 0.25) is 0 Å². The van der Waals surface area contributed by atoms with E-state index in [0.717, 1.165) is 39.4 Å². The van der Waals surface area contributed by atoms with Gasteiger partial charge in [-0.2, -0.15) is 0 Å². The highest BCUT2D eigenvalue weighted by atomic mass is 32.1. The molecule has 4 heteroatoms. The Morgan fingerprint density at radius 2 is 0.804 bits per heavy atom. The van der Waals surface area contributed by atoms with E-state index in [0.29, 0.717) is 0 Å². The average Bonchev–Trinajstić information content (AvgIpc) is 3.97. The summed E-state index contributed by atoms with van der Waals surface area (Å²) in [5.41, 5.74) is 7.71. The number of anilines is 3. The Kier molecular flexibility index (Phi) is 7.00. The van der Waals surface area contributed by atoms with Gasteiger partial charge in [0.1, 0.15) is 11.3 Å². The predicted molar refractivity (Wildman–Crippen MR) is 243 cm³/mol. The van der Waals surface area contributed by atoms with E-state index in [1.54, 1.807) is 0 Å². The summed E-state index contributed by atoms with van der Waals surface area (Å²) in [6.45, 7) is 0. The third kappa shape index (κ3) is 5.00. The molecule has 0 aliphatic carbocycles. The SMILES string of the molecule is c1ccc2oc(-c3ccc(-c4ccc(N(c5ccc6c(c5)sc5c7ccccc7ccc65)c5ccc6c(c5)sc5c7ccccc7ccc65)cc4)cc3)cc2c1. The molecule has 0 saturated heterocycles. The fourth-order valence-corrected chi connectivity index (χ4v) is 11.0. The van der Waals surface area contributed by atoms with E-state index in [4.69, 9.17) is 4.42 Å². The van der Waals surface area contributed by atoms with Crippen molar-refractivity contribution in [3.63, 3.8) is 0 Å². The number of hydrogen-bond donors (Lipinski definition) is 0. The van der Waals surface area contributed by atoms with Gasteiger partial charge in [0.15, 0.2) is 0 Å². The van der Waals surface area contributed by atoms with Gasteiger partial charge in [0.2, 0.25) is 0 Å². The van der Waals surface area contributed by atoms with Crippen molar-refractivity contribution in [2.24, 2.45) is 0 Å². The van der Waals surface area contributed by atoms with Crippen molar-refractivity contribution in [1.29, 1.82) is 0 Å². The zero-order chi connectivity index (χ0) is 36.7. The summed E-state index contributed by atoms with van der Waals surface area (Å²) in [6.07, 6.45) is 0. The largest absolute Gasteiger partial charge is 0.456 e. The molecule has 0 aliphatic rings. The average molecular weight is 750 g/mol. The molecule has 0 N–H and O–H groups in total. The number of hydrogen-bond acceptors (Lipinski definition) is 4. The molecule has 0 unspecified atom stereocenters. The zero-order valence-electron chi connectivity index (χ0n) is 30.1. The molecule has 9 aromatic carbocycles. The third-order valence-electron chi connectivity index (χ3n) is 11.3. The lowest BCUT2D eigenvalue weighted by atomic mass is 10.0. The van der Waals surface area contributed by atoms with Crippen molar-refractivity contribution >= 4 is 113 Å². The van der Waals surface area contributed by atoms with Gasteiger partial charge in [-0.3, -0.25) is 0 Å². The molecular formula is C52H31NOS2. The van der Waals surface area contributed by atoms with Crippen LogP contribution >= 0.6 is 22.7 Å². The maximum absolute atomic E-state index is 6.15. The summed E-state index contributed by atoms with van der Waals surface area (Å²) in [7, 11) is 0. The normalized spacial score (nSPS) is 11.9. The Bertz CT molecular complexity index is 3290. The first-order valence-corrected chi connectivity index (χ1v) is 20.5. The highest BCUT2D eigenvalue weighted by molar-refractivity contribution is 7.27. The van der Waals surface area contributed by atoms with Crippen LogP contribution in [0.15, 0.2) is 192 Å². The van der Waals surface area contributed by atoms with Crippen LogP contribution in [0.4, 0.5) is 17.1 Å². The minimum Gasteiger partial charge on any atom is -0.456 e. The molecule has 12 rings (SSSR count). The summed E-state index contributed by atoms with van der Waals surface area (Å²) in [5.74, 6) is 0.885. The molecule has 12 aromatic rings. The lowest BCUT2D eigenvalue weighted by molar-refractivity contribution is 0.631. The molecule has 3 heterocycles. The third-order valence-corrected chi connectivity index (χ3v) is 13.7. The Balaban J connectivity index is 0.974. The maximum atomic E-state index is 6.15. The second kappa shape index (κ2) is 12.4. The van der Waals surface area contributed by atoms with E-state index in [9.17, 15) is 0 Å². The molecule has 0 amide bonds. The minimum atomic E-state index is 0.885. The first-order valence-electron chi connectivity index (χ1n) is 18.9. The van der Waals surface area contributed by atoms with E-state index >= 15 is 0 Å². The van der Waals surface area contributed by atoms with Crippen molar-refractivity contribution in [3.05, 3.63) is 188 Å². The standard InChI is InChI=1S/C52H31NOS2/c1-4-10-41-34(7-1)19-25-45-43-27-23-39(30-49(43)55-51(41)45)53(40-24-28-44-46-26-20-35-8-2-5-11-42(35)52(46)56-50(44)31-40)38-21-17-33(18-22-38)32-13-15-36(16-14-32)48-29-37-9-3-6-12-47(37)54-48/h1-31H. The molecule has 56 heavy (non-hydrogen) atoms. The van der Waals surface area contributed by atoms with Crippen LogP contribution in [0, 0.1) is 0 Å². The van der Waals surface area contributed by atoms with Gasteiger partial charge < -0.3 is 9.32 Å². The fourth-order valence-electron chi connectivity index (χ4n) is 8.47. The molecule has 0 saturated carbocycles. The van der Waals surface area contributed by atoms with Crippen LogP contribution in [-0.4, -0.2) is 0 Å². The fraction of sp³-hybridized carbons (Fsp3) is 0. The topological polar surface area (TPSA) is 16.4 Å². The maximum Gasteiger partial charge on any atom is 0.135 e. The van der Waals surface area contributed by atoms with Gasteiger partial charge in [0.05, 0.1) is 0 Å². The summed E-state index contributed by atoms with van der Waals surface area (Å²) < 4.78 is 11.4. The van der Waals surface area contributed by atoms with Gasteiger partial charge in [0, 0.05) is 68.4 Å². The zero-order valence-corrected chi connectivity index (χ0v) is 31.7. The summed E-state index contributed by atoms with van der Waals surface area (Å²) in [5, 5.41) is 11.5. The molecule has 2 nitrogen and oxygen atoms in total. The van der Waals surface area contributed by atoms with E-state index < -0.39 is 0 Å². The van der Waals surface area contributed by atoms with E-state index in [2.05, 4.69) is 175 Å². The van der Waals surface area contributed by atoms with Crippen molar-refractivity contribution < 1.29 is 4.42 Å². The number of thiophene rings is 2. The van der Waals surface area contributed by atoms with Crippen LogP contribution in [0.5, 0.6) is 0 Å². The first-order chi connectivity index (χ1) is 27.7.